The molecule has 0 aliphatic rings. The van der Waals surface area contributed by atoms with Crippen molar-refractivity contribution in [1.82, 2.24) is 0 Å². The van der Waals surface area contributed by atoms with Gasteiger partial charge in [-0.1, -0.05) is 218 Å². The maximum atomic E-state index is 12.4. The molecule has 9 heteroatoms. The number of ether oxygens (including phenoxy) is 2. The summed E-state index contributed by atoms with van der Waals surface area (Å²) in [6.07, 6.45) is 52.0. The molecule has 0 rings (SSSR count). The Bertz CT molecular complexity index is 977. The summed E-state index contributed by atoms with van der Waals surface area (Å²) >= 11 is 0. The molecule has 0 aliphatic heterocycles. The van der Waals surface area contributed by atoms with Crippen LogP contribution in [0.15, 0.2) is 24.3 Å². The SMILES string of the molecule is CCCCCC/C=C\C/C=C\CCCCCCCC(=O)OC(COC(=O)CCCCCCCCCCCCCCCCCCCCCCCCC)COP(=O)(O)O. The van der Waals surface area contributed by atoms with Crippen molar-refractivity contribution in [1.29, 1.82) is 0 Å². The highest BCUT2D eigenvalue weighted by atomic mass is 31.2. The number of unbranched alkanes of at least 4 members (excludes halogenated alkanes) is 31. The summed E-state index contributed by atoms with van der Waals surface area (Å²) in [7, 11) is -4.76. The van der Waals surface area contributed by atoms with Crippen LogP contribution in [-0.2, 0) is 28.2 Å². The molecule has 0 aromatic heterocycles. The molecular formula is C48H91O8P. The molecule has 2 N–H and O–H groups in total. The lowest BCUT2D eigenvalue weighted by atomic mass is 10.0. The predicted molar refractivity (Wildman–Crippen MR) is 239 cm³/mol. The summed E-state index contributed by atoms with van der Waals surface area (Å²) in [6.45, 7) is 3.69. The van der Waals surface area contributed by atoms with E-state index >= 15 is 0 Å². The molecule has 1 atom stereocenters. The van der Waals surface area contributed by atoms with Crippen LogP contribution in [-0.4, -0.2) is 41.0 Å². The van der Waals surface area contributed by atoms with Crippen LogP contribution in [0.1, 0.15) is 251 Å². The molecule has 0 spiro atoms. The van der Waals surface area contributed by atoms with Crippen LogP contribution in [0.5, 0.6) is 0 Å². The average Bonchev–Trinajstić information content (AvgIpc) is 3.18. The molecule has 0 amide bonds. The van der Waals surface area contributed by atoms with Crippen LogP contribution in [0.4, 0.5) is 0 Å². The first-order valence-electron chi connectivity index (χ1n) is 24.1. The molecule has 0 aromatic rings. The molecule has 0 aliphatic carbocycles. The predicted octanol–water partition coefficient (Wildman–Crippen LogP) is 15.1. The number of hydrogen-bond acceptors (Lipinski definition) is 6. The molecule has 0 saturated heterocycles. The highest BCUT2D eigenvalue weighted by Crippen LogP contribution is 2.36. The van der Waals surface area contributed by atoms with Crippen LogP contribution in [0.25, 0.3) is 0 Å². The molecule has 8 nitrogen and oxygen atoms in total. The lowest BCUT2D eigenvalue weighted by Crippen LogP contribution is -2.29. The van der Waals surface area contributed by atoms with Crippen LogP contribution >= 0.6 is 7.82 Å². The van der Waals surface area contributed by atoms with Gasteiger partial charge in [0.05, 0.1) is 6.61 Å². The molecule has 57 heavy (non-hydrogen) atoms. The third-order valence-corrected chi connectivity index (χ3v) is 11.2. The Labute approximate surface area is 351 Å². The van der Waals surface area contributed by atoms with Crippen molar-refractivity contribution in [3.05, 3.63) is 24.3 Å². The van der Waals surface area contributed by atoms with E-state index in [1.54, 1.807) is 0 Å². The molecule has 1 unspecified atom stereocenters. The molecule has 0 aromatic carbocycles. The maximum absolute atomic E-state index is 12.4. The van der Waals surface area contributed by atoms with E-state index in [0.29, 0.717) is 6.42 Å². The molecule has 0 fully saturated rings. The Morgan fingerprint density at radius 2 is 0.789 bits per heavy atom. The minimum atomic E-state index is -4.76. The number of rotatable bonds is 45. The van der Waals surface area contributed by atoms with Gasteiger partial charge in [0.1, 0.15) is 6.61 Å². The highest BCUT2D eigenvalue weighted by molar-refractivity contribution is 7.46. The normalized spacial score (nSPS) is 12.6. The van der Waals surface area contributed by atoms with Crippen LogP contribution in [0, 0.1) is 0 Å². The zero-order valence-electron chi connectivity index (χ0n) is 37.3. The lowest BCUT2D eigenvalue weighted by molar-refractivity contribution is -0.161. The zero-order chi connectivity index (χ0) is 41.8. The summed E-state index contributed by atoms with van der Waals surface area (Å²) in [5.74, 6) is -0.888. The fourth-order valence-electron chi connectivity index (χ4n) is 7.11. The molecule has 0 heterocycles. The van der Waals surface area contributed by atoms with Crippen molar-refractivity contribution < 1.29 is 37.9 Å². The van der Waals surface area contributed by atoms with Crippen molar-refractivity contribution >= 4 is 19.8 Å². The number of hydrogen-bond donors (Lipinski definition) is 2. The highest BCUT2D eigenvalue weighted by Gasteiger charge is 2.23. The van der Waals surface area contributed by atoms with E-state index in [0.717, 1.165) is 57.8 Å². The summed E-state index contributed by atoms with van der Waals surface area (Å²) < 4.78 is 26.5. The second kappa shape index (κ2) is 44.1. The minimum Gasteiger partial charge on any atom is -0.462 e. The number of carbonyl (C=O) groups excluding carboxylic acids is 2. The van der Waals surface area contributed by atoms with E-state index in [2.05, 4.69) is 42.7 Å². The van der Waals surface area contributed by atoms with Gasteiger partial charge in [-0.15, -0.1) is 0 Å². The number of esters is 2. The van der Waals surface area contributed by atoms with E-state index < -0.39 is 32.5 Å². The van der Waals surface area contributed by atoms with Crippen LogP contribution in [0.2, 0.25) is 0 Å². The Kier molecular flexibility index (Phi) is 43.0. The first-order valence-corrected chi connectivity index (χ1v) is 25.7. The molecular weight excluding hydrogens is 735 g/mol. The fraction of sp³-hybridized carbons (Fsp3) is 0.875. The van der Waals surface area contributed by atoms with Gasteiger partial charge >= 0.3 is 19.8 Å². The lowest BCUT2D eigenvalue weighted by Gasteiger charge is -2.18. The van der Waals surface area contributed by atoms with E-state index in [1.165, 1.54) is 161 Å². The van der Waals surface area contributed by atoms with Gasteiger partial charge in [0.25, 0.3) is 0 Å². The summed E-state index contributed by atoms with van der Waals surface area (Å²) in [6, 6.07) is 0. The third kappa shape index (κ3) is 47.1. The topological polar surface area (TPSA) is 119 Å². The van der Waals surface area contributed by atoms with Gasteiger partial charge in [-0.2, -0.15) is 0 Å². The summed E-state index contributed by atoms with van der Waals surface area (Å²) in [5, 5.41) is 0. The number of carbonyl (C=O) groups is 2. The van der Waals surface area contributed by atoms with Crippen molar-refractivity contribution in [2.24, 2.45) is 0 Å². The standard InChI is InChI=1S/C48H91O8P/c1-3-5-7-9-11-13-15-17-19-21-22-23-24-25-26-27-29-30-32-34-36-38-40-42-47(49)54-44-46(45-55-57(51,52)53)56-48(50)43-41-39-37-35-33-31-28-20-18-16-14-12-10-8-6-4-2/h14,16,20,28,46H,3-13,15,17-19,21-27,29-45H2,1-2H3,(H2,51,52,53)/b16-14-,28-20-. The molecule has 336 valence electrons. The quantitative estimate of drug-likeness (QED) is 0.0270. The summed E-state index contributed by atoms with van der Waals surface area (Å²) in [5.41, 5.74) is 0. The summed E-state index contributed by atoms with van der Waals surface area (Å²) in [4.78, 5) is 43.0. The van der Waals surface area contributed by atoms with Crippen molar-refractivity contribution in [3.8, 4) is 0 Å². The van der Waals surface area contributed by atoms with Crippen molar-refractivity contribution in [2.45, 2.75) is 258 Å². The minimum absolute atomic E-state index is 0.199. The van der Waals surface area contributed by atoms with Gasteiger partial charge in [0.2, 0.25) is 0 Å². The largest absolute Gasteiger partial charge is 0.469 e. The second-order valence-electron chi connectivity index (χ2n) is 16.4. The Hall–Kier alpha value is -1.47. The fourth-order valence-corrected chi connectivity index (χ4v) is 7.47. The number of allylic oxidation sites excluding steroid dienone is 4. The third-order valence-electron chi connectivity index (χ3n) is 10.7. The van der Waals surface area contributed by atoms with Gasteiger partial charge in [0, 0.05) is 12.8 Å². The van der Waals surface area contributed by atoms with Gasteiger partial charge < -0.3 is 19.3 Å². The number of phosphoric ester groups is 1. The first-order chi connectivity index (χ1) is 27.8. The zero-order valence-corrected chi connectivity index (χ0v) is 38.1. The van der Waals surface area contributed by atoms with Gasteiger partial charge in [0.15, 0.2) is 6.10 Å². The smallest absolute Gasteiger partial charge is 0.462 e. The second-order valence-corrected chi connectivity index (χ2v) is 17.7. The Morgan fingerprint density at radius 3 is 1.18 bits per heavy atom. The van der Waals surface area contributed by atoms with Crippen LogP contribution in [0.3, 0.4) is 0 Å². The van der Waals surface area contributed by atoms with Crippen molar-refractivity contribution in [3.63, 3.8) is 0 Å². The van der Waals surface area contributed by atoms with E-state index in [9.17, 15) is 14.2 Å². The molecule has 0 saturated carbocycles. The van der Waals surface area contributed by atoms with Gasteiger partial charge in [-0.25, -0.2) is 4.57 Å². The number of phosphoric acid groups is 1. The van der Waals surface area contributed by atoms with Crippen molar-refractivity contribution in [2.75, 3.05) is 13.2 Å². The van der Waals surface area contributed by atoms with Crippen LogP contribution < -0.4 is 0 Å². The molecule has 0 bridgehead atoms. The monoisotopic (exact) mass is 827 g/mol. The average molecular weight is 827 g/mol. The maximum Gasteiger partial charge on any atom is 0.469 e. The Balaban J connectivity index is 3.80. The first kappa shape index (κ1) is 55.5. The molecule has 0 radical (unpaired) electrons. The van der Waals surface area contributed by atoms with E-state index in [1.807, 2.05) is 0 Å². The van der Waals surface area contributed by atoms with E-state index in [4.69, 9.17) is 19.3 Å². The van der Waals surface area contributed by atoms with E-state index in [-0.39, 0.29) is 19.4 Å². The van der Waals surface area contributed by atoms with Gasteiger partial charge in [-0.3, -0.25) is 14.1 Å². The van der Waals surface area contributed by atoms with Gasteiger partial charge in [-0.05, 0) is 44.9 Å². The Morgan fingerprint density at radius 1 is 0.456 bits per heavy atom.